The van der Waals surface area contributed by atoms with Crippen LogP contribution in [0.2, 0.25) is 0 Å². The van der Waals surface area contributed by atoms with Crippen molar-refractivity contribution in [3.8, 4) is 9.88 Å². The van der Waals surface area contributed by atoms with E-state index in [-0.39, 0.29) is 6.10 Å². The minimum atomic E-state index is 0.170. The van der Waals surface area contributed by atoms with E-state index < -0.39 is 0 Å². The molecule has 5 nitrogen and oxygen atoms in total. The van der Waals surface area contributed by atoms with Crippen molar-refractivity contribution in [2.24, 2.45) is 0 Å². The first-order valence-corrected chi connectivity index (χ1v) is 6.63. The highest BCUT2D eigenvalue weighted by molar-refractivity contribution is 7.23. The number of anilines is 1. The van der Waals surface area contributed by atoms with Crippen LogP contribution >= 0.6 is 22.7 Å². The average Bonchev–Trinajstić information content (AvgIpc) is 2.97. The summed E-state index contributed by atoms with van der Waals surface area (Å²) in [6, 6.07) is 0. The normalized spacial score (nSPS) is 20.4. The standard InChI is InChI=1S/C9H10N4OS2/c10-9-13-12-8(16-9)6-4-11-7(15-6)5-2-1-3-14-5/h4-5H,1-3H2,(H2,10,13). The van der Waals surface area contributed by atoms with Crippen LogP contribution < -0.4 is 5.73 Å². The van der Waals surface area contributed by atoms with E-state index in [0.29, 0.717) is 5.13 Å². The number of hydrogen-bond donors (Lipinski definition) is 1. The lowest BCUT2D eigenvalue weighted by Gasteiger charge is -2.02. The Morgan fingerprint density at radius 2 is 2.31 bits per heavy atom. The molecule has 3 heterocycles. The maximum absolute atomic E-state index is 5.58. The van der Waals surface area contributed by atoms with Crippen molar-refractivity contribution in [1.29, 1.82) is 0 Å². The Morgan fingerprint density at radius 1 is 1.38 bits per heavy atom. The number of nitrogen functional groups attached to an aromatic ring is 1. The second kappa shape index (κ2) is 4.08. The SMILES string of the molecule is Nc1nnc(-c2cnc(C3CCCO3)s2)s1. The second-order valence-electron chi connectivity index (χ2n) is 3.51. The Hall–Kier alpha value is -1.05. The predicted molar refractivity (Wildman–Crippen MR) is 63.4 cm³/mol. The molecular formula is C9H10N4OS2. The molecule has 0 spiro atoms. The lowest BCUT2D eigenvalue weighted by molar-refractivity contribution is 0.111. The van der Waals surface area contributed by atoms with Gasteiger partial charge in [0, 0.05) is 12.8 Å². The fourth-order valence-electron chi connectivity index (χ4n) is 1.64. The summed E-state index contributed by atoms with van der Waals surface area (Å²) in [4.78, 5) is 5.39. The van der Waals surface area contributed by atoms with Crippen molar-refractivity contribution in [2.75, 3.05) is 12.3 Å². The van der Waals surface area contributed by atoms with E-state index in [1.807, 2.05) is 6.20 Å². The summed E-state index contributed by atoms with van der Waals surface area (Å²) < 4.78 is 5.58. The maximum atomic E-state index is 5.58. The van der Waals surface area contributed by atoms with Crippen LogP contribution in [0.5, 0.6) is 0 Å². The molecule has 1 fully saturated rings. The highest BCUT2D eigenvalue weighted by Crippen LogP contribution is 2.36. The van der Waals surface area contributed by atoms with Crippen LogP contribution in [0, 0.1) is 0 Å². The number of ether oxygens (including phenoxy) is 1. The molecule has 2 N–H and O–H groups in total. The Kier molecular flexibility index (Phi) is 2.58. The number of rotatable bonds is 2. The van der Waals surface area contributed by atoms with Crippen LogP contribution in [0.4, 0.5) is 5.13 Å². The Labute approximate surface area is 100 Å². The van der Waals surface area contributed by atoms with Gasteiger partial charge in [0.2, 0.25) is 5.13 Å². The van der Waals surface area contributed by atoms with Crippen molar-refractivity contribution in [3.05, 3.63) is 11.2 Å². The largest absolute Gasteiger partial charge is 0.374 e. The highest BCUT2D eigenvalue weighted by atomic mass is 32.1. The number of hydrogen-bond acceptors (Lipinski definition) is 7. The molecule has 0 saturated carbocycles. The van der Waals surface area contributed by atoms with Crippen LogP contribution in [-0.4, -0.2) is 21.8 Å². The van der Waals surface area contributed by atoms with Crippen molar-refractivity contribution < 1.29 is 4.74 Å². The summed E-state index contributed by atoms with van der Waals surface area (Å²) in [5.41, 5.74) is 5.55. The third-order valence-corrected chi connectivity index (χ3v) is 4.39. The molecule has 1 saturated heterocycles. The summed E-state index contributed by atoms with van der Waals surface area (Å²) in [5, 5.41) is 10.1. The molecule has 0 radical (unpaired) electrons. The van der Waals surface area contributed by atoms with E-state index in [1.54, 1.807) is 11.3 Å². The summed E-state index contributed by atoms with van der Waals surface area (Å²) in [6.45, 7) is 0.839. The van der Waals surface area contributed by atoms with Crippen molar-refractivity contribution in [2.45, 2.75) is 18.9 Å². The summed E-state index contributed by atoms with van der Waals surface area (Å²) >= 11 is 2.99. The molecule has 2 aromatic rings. The average molecular weight is 254 g/mol. The van der Waals surface area contributed by atoms with Gasteiger partial charge in [-0.1, -0.05) is 11.3 Å². The molecule has 3 rings (SSSR count). The van der Waals surface area contributed by atoms with Crippen LogP contribution in [0.15, 0.2) is 6.20 Å². The van der Waals surface area contributed by atoms with Crippen LogP contribution in [0.3, 0.4) is 0 Å². The lowest BCUT2D eigenvalue weighted by atomic mass is 10.2. The first kappa shape index (κ1) is 10.1. The summed E-state index contributed by atoms with van der Waals surface area (Å²) in [7, 11) is 0. The van der Waals surface area contributed by atoms with Gasteiger partial charge in [0.25, 0.3) is 0 Å². The molecule has 0 aromatic carbocycles. The molecule has 0 aliphatic carbocycles. The summed E-state index contributed by atoms with van der Waals surface area (Å²) in [5.74, 6) is 0. The van der Waals surface area contributed by atoms with Gasteiger partial charge in [-0.2, -0.15) is 0 Å². The Bertz CT molecular complexity index is 489. The van der Waals surface area contributed by atoms with Gasteiger partial charge in [-0.15, -0.1) is 21.5 Å². The van der Waals surface area contributed by atoms with Gasteiger partial charge in [0.1, 0.15) is 11.1 Å². The maximum Gasteiger partial charge on any atom is 0.203 e. The van der Waals surface area contributed by atoms with Crippen LogP contribution in [0.1, 0.15) is 24.0 Å². The van der Waals surface area contributed by atoms with Crippen molar-refractivity contribution >= 4 is 27.8 Å². The Morgan fingerprint density at radius 3 is 3.00 bits per heavy atom. The third kappa shape index (κ3) is 1.81. The van der Waals surface area contributed by atoms with Crippen molar-refractivity contribution in [1.82, 2.24) is 15.2 Å². The monoisotopic (exact) mass is 254 g/mol. The zero-order valence-electron chi connectivity index (χ0n) is 8.42. The number of nitrogens with two attached hydrogens (primary N) is 1. The first-order valence-electron chi connectivity index (χ1n) is 4.99. The molecule has 1 aliphatic rings. The first-order chi connectivity index (χ1) is 7.83. The molecule has 0 bridgehead atoms. The van der Waals surface area contributed by atoms with Gasteiger partial charge in [-0.3, -0.25) is 0 Å². The van der Waals surface area contributed by atoms with E-state index in [0.717, 1.165) is 34.3 Å². The van der Waals surface area contributed by atoms with Gasteiger partial charge in [0.05, 0.1) is 4.88 Å². The number of nitrogens with zero attached hydrogens (tertiary/aromatic N) is 3. The second-order valence-corrected chi connectivity index (χ2v) is 5.58. The molecule has 7 heteroatoms. The minimum Gasteiger partial charge on any atom is -0.374 e. The van der Waals surface area contributed by atoms with Crippen LogP contribution in [0.25, 0.3) is 9.88 Å². The topological polar surface area (TPSA) is 73.9 Å². The van der Waals surface area contributed by atoms with E-state index in [9.17, 15) is 0 Å². The molecule has 1 atom stereocenters. The van der Waals surface area contributed by atoms with Crippen LogP contribution in [-0.2, 0) is 4.74 Å². The zero-order valence-corrected chi connectivity index (χ0v) is 10.1. The fraction of sp³-hybridized carbons (Fsp3) is 0.444. The Balaban J connectivity index is 1.87. The van der Waals surface area contributed by atoms with Gasteiger partial charge in [0.15, 0.2) is 5.01 Å². The van der Waals surface area contributed by atoms with Gasteiger partial charge in [-0.05, 0) is 12.8 Å². The molecular weight excluding hydrogens is 244 g/mol. The van der Waals surface area contributed by atoms with Gasteiger partial charge >= 0.3 is 0 Å². The molecule has 84 valence electrons. The highest BCUT2D eigenvalue weighted by Gasteiger charge is 2.21. The third-order valence-electron chi connectivity index (χ3n) is 2.38. The molecule has 2 aromatic heterocycles. The van der Waals surface area contributed by atoms with E-state index >= 15 is 0 Å². The van der Waals surface area contributed by atoms with E-state index in [1.165, 1.54) is 11.3 Å². The quantitative estimate of drug-likeness (QED) is 0.888. The number of thiazole rings is 1. The van der Waals surface area contributed by atoms with Gasteiger partial charge in [-0.25, -0.2) is 4.98 Å². The number of aromatic nitrogens is 3. The smallest absolute Gasteiger partial charge is 0.203 e. The predicted octanol–water partition coefficient (Wildman–Crippen LogP) is 2.10. The molecule has 0 amide bonds. The van der Waals surface area contributed by atoms with E-state index in [4.69, 9.17) is 10.5 Å². The molecule has 1 aliphatic heterocycles. The van der Waals surface area contributed by atoms with Crippen molar-refractivity contribution in [3.63, 3.8) is 0 Å². The molecule has 16 heavy (non-hydrogen) atoms. The lowest BCUT2D eigenvalue weighted by Crippen LogP contribution is -1.93. The fourth-order valence-corrected chi connectivity index (χ4v) is 3.29. The van der Waals surface area contributed by atoms with E-state index in [2.05, 4.69) is 15.2 Å². The minimum absolute atomic E-state index is 0.170. The summed E-state index contributed by atoms with van der Waals surface area (Å²) in [6.07, 6.45) is 4.17. The molecule has 1 unspecified atom stereocenters. The van der Waals surface area contributed by atoms with Gasteiger partial charge < -0.3 is 10.5 Å². The zero-order chi connectivity index (χ0) is 11.0.